The Morgan fingerprint density at radius 2 is 1.89 bits per heavy atom. The Kier molecular flexibility index (Phi) is 4.30. The van der Waals surface area contributed by atoms with Gasteiger partial charge < -0.3 is 0 Å². The standard InChI is InChI=1S/C16H19FN2/c1-11-4-3-5-13(6-11)9-16(19-18)14-7-12(2)8-15(17)10-14/h3-8,10,16,19H,9,18H2,1-2H3. The number of hydrogen-bond acceptors (Lipinski definition) is 2. The minimum atomic E-state index is -0.223. The molecule has 0 aliphatic rings. The molecule has 0 amide bonds. The average Bonchev–Trinajstić information content (AvgIpc) is 2.34. The second-order valence-electron chi connectivity index (χ2n) is 4.97. The van der Waals surface area contributed by atoms with Gasteiger partial charge in [-0.15, -0.1) is 0 Å². The summed E-state index contributed by atoms with van der Waals surface area (Å²) in [5.74, 6) is 5.40. The molecule has 19 heavy (non-hydrogen) atoms. The van der Waals surface area contributed by atoms with Crippen molar-refractivity contribution in [3.63, 3.8) is 0 Å². The molecular weight excluding hydrogens is 239 g/mol. The predicted molar refractivity (Wildman–Crippen MR) is 76.1 cm³/mol. The van der Waals surface area contributed by atoms with Crippen molar-refractivity contribution >= 4 is 0 Å². The minimum absolute atomic E-state index is 0.0869. The van der Waals surface area contributed by atoms with Gasteiger partial charge in [0.1, 0.15) is 5.82 Å². The van der Waals surface area contributed by atoms with Gasteiger partial charge in [0.25, 0.3) is 0 Å². The quantitative estimate of drug-likeness (QED) is 0.653. The highest BCUT2D eigenvalue weighted by Crippen LogP contribution is 2.20. The maximum Gasteiger partial charge on any atom is 0.123 e. The molecule has 3 heteroatoms. The lowest BCUT2D eigenvalue weighted by Crippen LogP contribution is -2.29. The van der Waals surface area contributed by atoms with E-state index >= 15 is 0 Å². The molecule has 0 spiro atoms. The highest BCUT2D eigenvalue weighted by Gasteiger charge is 2.12. The molecule has 0 saturated carbocycles. The fourth-order valence-electron chi connectivity index (χ4n) is 2.31. The van der Waals surface area contributed by atoms with Crippen LogP contribution in [0.15, 0.2) is 42.5 Å². The second kappa shape index (κ2) is 5.95. The largest absolute Gasteiger partial charge is 0.271 e. The Bertz CT molecular complexity index is 546. The van der Waals surface area contributed by atoms with Crippen LogP contribution in [-0.4, -0.2) is 0 Å². The van der Waals surface area contributed by atoms with E-state index in [1.807, 2.05) is 19.1 Å². The first kappa shape index (κ1) is 13.7. The Morgan fingerprint density at radius 3 is 2.53 bits per heavy atom. The molecule has 2 aromatic carbocycles. The molecule has 0 saturated heterocycles. The average molecular weight is 258 g/mol. The number of halogens is 1. The SMILES string of the molecule is Cc1cccc(CC(NN)c2cc(C)cc(F)c2)c1. The number of hydrazine groups is 1. The molecule has 0 aromatic heterocycles. The molecule has 0 radical (unpaired) electrons. The summed E-state index contributed by atoms with van der Waals surface area (Å²) in [4.78, 5) is 0. The van der Waals surface area contributed by atoms with Crippen LogP contribution < -0.4 is 11.3 Å². The number of hydrogen-bond donors (Lipinski definition) is 2. The van der Waals surface area contributed by atoms with Crippen LogP contribution >= 0.6 is 0 Å². The third-order valence-corrected chi connectivity index (χ3v) is 3.19. The molecule has 1 unspecified atom stereocenters. The van der Waals surface area contributed by atoms with Gasteiger partial charge in [-0.25, -0.2) is 4.39 Å². The van der Waals surface area contributed by atoms with E-state index in [1.54, 1.807) is 0 Å². The van der Waals surface area contributed by atoms with Gasteiger partial charge in [-0.05, 0) is 49.1 Å². The van der Waals surface area contributed by atoms with E-state index in [0.29, 0.717) is 0 Å². The van der Waals surface area contributed by atoms with Crippen molar-refractivity contribution < 1.29 is 4.39 Å². The molecule has 1 atom stereocenters. The summed E-state index contributed by atoms with van der Waals surface area (Å²) in [5, 5.41) is 0. The van der Waals surface area contributed by atoms with Crippen molar-refractivity contribution in [2.75, 3.05) is 0 Å². The highest BCUT2D eigenvalue weighted by molar-refractivity contribution is 5.29. The van der Waals surface area contributed by atoms with Gasteiger partial charge in [0, 0.05) is 0 Å². The highest BCUT2D eigenvalue weighted by atomic mass is 19.1. The van der Waals surface area contributed by atoms with Crippen LogP contribution in [0.4, 0.5) is 4.39 Å². The molecule has 2 nitrogen and oxygen atoms in total. The first-order valence-electron chi connectivity index (χ1n) is 6.37. The summed E-state index contributed by atoms with van der Waals surface area (Å²) >= 11 is 0. The van der Waals surface area contributed by atoms with Crippen molar-refractivity contribution in [1.29, 1.82) is 0 Å². The fraction of sp³-hybridized carbons (Fsp3) is 0.250. The van der Waals surface area contributed by atoms with Gasteiger partial charge >= 0.3 is 0 Å². The lowest BCUT2D eigenvalue weighted by molar-refractivity contribution is 0.544. The van der Waals surface area contributed by atoms with Crippen molar-refractivity contribution in [2.45, 2.75) is 26.3 Å². The molecule has 0 aliphatic heterocycles. The van der Waals surface area contributed by atoms with Crippen LogP contribution in [0.25, 0.3) is 0 Å². The van der Waals surface area contributed by atoms with Crippen LogP contribution in [0.1, 0.15) is 28.3 Å². The second-order valence-corrected chi connectivity index (χ2v) is 4.97. The first-order valence-corrected chi connectivity index (χ1v) is 6.37. The smallest absolute Gasteiger partial charge is 0.123 e. The summed E-state index contributed by atoms with van der Waals surface area (Å²) in [6.07, 6.45) is 0.737. The molecular formula is C16H19FN2. The fourth-order valence-corrected chi connectivity index (χ4v) is 2.31. The van der Waals surface area contributed by atoms with E-state index in [2.05, 4.69) is 30.5 Å². The summed E-state index contributed by atoms with van der Waals surface area (Å²) in [6, 6.07) is 13.2. The van der Waals surface area contributed by atoms with E-state index in [0.717, 1.165) is 17.5 Å². The monoisotopic (exact) mass is 258 g/mol. The normalized spacial score (nSPS) is 12.4. The zero-order valence-corrected chi connectivity index (χ0v) is 11.3. The molecule has 2 rings (SSSR count). The molecule has 0 heterocycles. The third kappa shape index (κ3) is 3.63. The zero-order chi connectivity index (χ0) is 13.8. The Labute approximate surface area is 113 Å². The maximum absolute atomic E-state index is 13.5. The molecule has 0 aliphatic carbocycles. The molecule has 2 aromatic rings. The van der Waals surface area contributed by atoms with Crippen molar-refractivity contribution in [3.8, 4) is 0 Å². The van der Waals surface area contributed by atoms with E-state index in [-0.39, 0.29) is 11.9 Å². The van der Waals surface area contributed by atoms with Gasteiger partial charge in [0.15, 0.2) is 0 Å². The first-order chi connectivity index (χ1) is 9.08. The Balaban J connectivity index is 2.24. The summed E-state index contributed by atoms with van der Waals surface area (Å²) < 4.78 is 13.5. The molecule has 0 fully saturated rings. The van der Waals surface area contributed by atoms with Crippen LogP contribution in [0.5, 0.6) is 0 Å². The maximum atomic E-state index is 13.5. The van der Waals surface area contributed by atoms with Crippen LogP contribution in [0.3, 0.4) is 0 Å². The Morgan fingerprint density at radius 1 is 1.11 bits per heavy atom. The predicted octanol–water partition coefficient (Wildman–Crippen LogP) is 3.19. The van der Waals surface area contributed by atoms with Crippen molar-refractivity contribution in [3.05, 3.63) is 70.5 Å². The number of aryl methyl sites for hydroxylation is 2. The summed E-state index contributed by atoms with van der Waals surface area (Å²) in [7, 11) is 0. The van der Waals surface area contributed by atoms with E-state index in [9.17, 15) is 4.39 Å². The zero-order valence-electron chi connectivity index (χ0n) is 11.3. The lowest BCUT2D eigenvalue weighted by Gasteiger charge is -2.17. The van der Waals surface area contributed by atoms with Crippen molar-refractivity contribution in [2.24, 2.45) is 5.84 Å². The minimum Gasteiger partial charge on any atom is -0.271 e. The van der Waals surface area contributed by atoms with Gasteiger partial charge in [-0.1, -0.05) is 35.9 Å². The molecule has 3 N–H and O–H groups in total. The third-order valence-electron chi connectivity index (χ3n) is 3.19. The van der Waals surface area contributed by atoms with E-state index in [4.69, 9.17) is 5.84 Å². The van der Waals surface area contributed by atoms with E-state index in [1.165, 1.54) is 23.3 Å². The lowest BCUT2D eigenvalue weighted by atomic mass is 9.97. The van der Waals surface area contributed by atoms with Gasteiger partial charge in [0.05, 0.1) is 6.04 Å². The van der Waals surface area contributed by atoms with E-state index < -0.39 is 0 Å². The number of benzene rings is 2. The van der Waals surface area contributed by atoms with Crippen LogP contribution in [-0.2, 0) is 6.42 Å². The van der Waals surface area contributed by atoms with Gasteiger partial charge in [0.2, 0.25) is 0 Å². The van der Waals surface area contributed by atoms with Crippen LogP contribution in [0, 0.1) is 19.7 Å². The Hall–Kier alpha value is -1.71. The topological polar surface area (TPSA) is 38.0 Å². The summed E-state index contributed by atoms with van der Waals surface area (Å²) in [5.41, 5.74) is 6.95. The number of nitrogens with one attached hydrogen (secondary N) is 1. The van der Waals surface area contributed by atoms with Crippen LogP contribution in [0.2, 0.25) is 0 Å². The van der Waals surface area contributed by atoms with Gasteiger partial charge in [-0.3, -0.25) is 11.3 Å². The summed E-state index contributed by atoms with van der Waals surface area (Å²) in [6.45, 7) is 3.94. The molecule has 100 valence electrons. The van der Waals surface area contributed by atoms with Gasteiger partial charge in [-0.2, -0.15) is 0 Å². The van der Waals surface area contributed by atoms with Crippen molar-refractivity contribution in [1.82, 2.24) is 5.43 Å². The number of nitrogens with two attached hydrogens (primary N) is 1. The molecule has 0 bridgehead atoms. The number of rotatable bonds is 4.